The van der Waals surface area contributed by atoms with E-state index in [0.29, 0.717) is 6.04 Å². The van der Waals surface area contributed by atoms with Gasteiger partial charge in [0.1, 0.15) is 0 Å². The van der Waals surface area contributed by atoms with Crippen molar-refractivity contribution in [1.82, 2.24) is 15.2 Å². The summed E-state index contributed by atoms with van der Waals surface area (Å²) < 4.78 is 5.45. The summed E-state index contributed by atoms with van der Waals surface area (Å²) in [5.41, 5.74) is 2.83. The molecule has 0 saturated carbocycles. The molecule has 0 amide bonds. The molecule has 1 aromatic heterocycles. The van der Waals surface area contributed by atoms with Gasteiger partial charge in [-0.05, 0) is 38.3 Å². The van der Waals surface area contributed by atoms with Crippen LogP contribution in [0.15, 0.2) is 18.3 Å². The van der Waals surface area contributed by atoms with E-state index in [1.807, 2.05) is 12.3 Å². The molecular weight excluding hydrogens is 250 g/mol. The third-order valence-corrected chi connectivity index (χ3v) is 4.61. The number of hydrogen-bond donors (Lipinski definition) is 1. The topological polar surface area (TPSA) is 37.4 Å². The number of hydrogen-bond acceptors (Lipinski definition) is 4. The van der Waals surface area contributed by atoms with Gasteiger partial charge in [0, 0.05) is 31.4 Å². The Labute approximate surface area is 121 Å². The number of aryl methyl sites for hydroxylation is 1. The highest BCUT2D eigenvalue weighted by Gasteiger charge is 2.30. The molecule has 0 spiro atoms. The first-order valence-electron chi connectivity index (χ1n) is 7.67. The number of aromatic nitrogens is 1. The predicted octanol–water partition coefficient (Wildman–Crippen LogP) is 1.77. The van der Waals surface area contributed by atoms with Crippen molar-refractivity contribution in [2.24, 2.45) is 0 Å². The van der Waals surface area contributed by atoms with Gasteiger partial charge in [0.2, 0.25) is 0 Å². The minimum atomic E-state index is 0.168. The van der Waals surface area contributed by atoms with Crippen molar-refractivity contribution in [1.29, 1.82) is 0 Å². The zero-order chi connectivity index (χ0) is 14.0. The Morgan fingerprint density at radius 2 is 2.20 bits per heavy atom. The fourth-order valence-electron chi connectivity index (χ4n) is 3.26. The van der Waals surface area contributed by atoms with E-state index in [1.165, 1.54) is 17.7 Å². The second-order valence-corrected chi connectivity index (χ2v) is 6.43. The van der Waals surface area contributed by atoms with E-state index >= 15 is 0 Å². The van der Waals surface area contributed by atoms with Crippen molar-refractivity contribution in [3.8, 4) is 0 Å². The van der Waals surface area contributed by atoms with Crippen LogP contribution in [-0.4, -0.2) is 48.3 Å². The summed E-state index contributed by atoms with van der Waals surface area (Å²) in [5.74, 6) is 0. The number of morpholine rings is 1. The lowest BCUT2D eigenvalue weighted by Crippen LogP contribution is -2.55. The lowest BCUT2D eigenvalue weighted by Gasteiger charge is -2.41. The highest BCUT2D eigenvalue weighted by molar-refractivity contribution is 5.27. The minimum Gasteiger partial charge on any atom is -0.379 e. The van der Waals surface area contributed by atoms with Crippen LogP contribution in [0, 0.1) is 0 Å². The Hall–Kier alpha value is -0.970. The zero-order valence-electron chi connectivity index (χ0n) is 12.6. The number of fused-ring (bicyclic) bond motifs is 1. The second kappa shape index (κ2) is 5.80. The molecule has 0 radical (unpaired) electrons. The fourth-order valence-corrected chi connectivity index (χ4v) is 3.26. The van der Waals surface area contributed by atoms with E-state index in [9.17, 15) is 0 Å². The quantitative estimate of drug-likeness (QED) is 0.909. The molecule has 20 heavy (non-hydrogen) atoms. The maximum atomic E-state index is 5.45. The van der Waals surface area contributed by atoms with Crippen molar-refractivity contribution in [3.63, 3.8) is 0 Å². The maximum absolute atomic E-state index is 5.45. The van der Waals surface area contributed by atoms with Gasteiger partial charge < -0.3 is 10.1 Å². The van der Waals surface area contributed by atoms with E-state index in [-0.39, 0.29) is 5.54 Å². The average molecular weight is 275 g/mol. The van der Waals surface area contributed by atoms with Crippen LogP contribution in [-0.2, 0) is 11.2 Å². The summed E-state index contributed by atoms with van der Waals surface area (Å²) in [4.78, 5) is 7.08. The maximum Gasteiger partial charge on any atom is 0.0605 e. The number of pyridine rings is 1. The molecule has 2 heterocycles. The molecule has 1 atom stereocenters. The molecule has 1 fully saturated rings. The van der Waals surface area contributed by atoms with Gasteiger partial charge in [-0.3, -0.25) is 9.88 Å². The highest BCUT2D eigenvalue weighted by Crippen LogP contribution is 2.29. The Morgan fingerprint density at radius 1 is 1.40 bits per heavy atom. The highest BCUT2D eigenvalue weighted by atomic mass is 16.5. The standard InChI is InChI=1S/C16H25N3O/c1-16(2,19-8-10-20-11-9-19)12-18-14-6-5-13-4-3-7-17-15(13)14/h3-4,7,14,18H,5-6,8-12H2,1-2H3. The summed E-state index contributed by atoms with van der Waals surface area (Å²) in [6.45, 7) is 9.42. The first kappa shape index (κ1) is 14.0. The molecule has 2 aliphatic rings. The molecule has 4 heteroatoms. The van der Waals surface area contributed by atoms with Crippen LogP contribution in [0.4, 0.5) is 0 Å². The van der Waals surface area contributed by atoms with Gasteiger partial charge in [0.05, 0.1) is 24.9 Å². The Morgan fingerprint density at radius 3 is 3.00 bits per heavy atom. The molecule has 1 saturated heterocycles. The lowest BCUT2D eigenvalue weighted by atomic mass is 10.0. The summed E-state index contributed by atoms with van der Waals surface area (Å²) >= 11 is 0. The molecule has 1 aromatic rings. The fraction of sp³-hybridized carbons (Fsp3) is 0.688. The first-order chi connectivity index (χ1) is 9.67. The molecular formula is C16H25N3O. The third-order valence-electron chi connectivity index (χ3n) is 4.61. The van der Waals surface area contributed by atoms with Crippen LogP contribution in [0.5, 0.6) is 0 Å². The van der Waals surface area contributed by atoms with Crippen LogP contribution >= 0.6 is 0 Å². The lowest BCUT2D eigenvalue weighted by molar-refractivity contribution is -0.0104. The monoisotopic (exact) mass is 275 g/mol. The van der Waals surface area contributed by atoms with Gasteiger partial charge in [-0.25, -0.2) is 0 Å². The molecule has 1 aliphatic carbocycles. The molecule has 0 bridgehead atoms. The van der Waals surface area contributed by atoms with Gasteiger partial charge in [-0.1, -0.05) is 6.07 Å². The van der Waals surface area contributed by atoms with Crippen LogP contribution in [0.2, 0.25) is 0 Å². The molecule has 0 aromatic carbocycles. The number of rotatable bonds is 4. The van der Waals surface area contributed by atoms with Gasteiger partial charge in [0.15, 0.2) is 0 Å². The van der Waals surface area contributed by atoms with Crippen molar-refractivity contribution in [3.05, 3.63) is 29.6 Å². The molecule has 110 valence electrons. The largest absolute Gasteiger partial charge is 0.379 e. The van der Waals surface area contributed by atoms with Crippen molar-refractivity contribution in [2.45, 2.75) is 38.3 Å². The number of nitrogens with zero attached hydrogens (tertiary/aromatic N) is 2. The summed E-state index contributed by atoms with van der Waals surface area (Å²) in [6.07, 6.45) is 4.23. The van der Waals surface area contributed by atoms with Crippen molar-refractivity contribution < 1.29 is 4.74 Å². The van der Waals surface area contributed by atoms with Gasteiger partial charge in [-0.2, -0.15) is 0 Å². The van der Waals surface area contributed by atoms with Crippen LogP contribution in [0.1, 0.15) is 37.6 Å². The van der Waals surface area contributed by atoms with E-state index in [0.717, 1.165) is 39.3 Å². The second-order valence-electron chi connectivity index (χ2n) is 6.43. The van der Waals surface area contributed by atoms with Gasteiger partial charge >= 0.3 is 0 Å². The average Bonchev–Trinajstić information content (AvgIpc) is 2.89. The first-order valence-corrected chi connectivity index (χ1v) is 7.67. The summed E-state index contributed by atoms with van der Waals surface area (Å²) in [5, 5.41) is 3.73. The van der Waals surface area contributed by atoms with Crippen LogP contribution in [0.25, 0.3) is 0 Å². The van der Waals surface area contributed by atoms with Crippen molar-refractivity contribution in [2.75, 3.05) is 32.8 Å². The number of ether oxygens (including phenoxy) is 1. The van der Waals surface area contributed by atoms with Crippen LogP contribution in [0.3, 0.4) is 0 Å². The molecule has 3 rings (SSSR count). The van der Waals surface area contributed by atoms with Gasteiger partial charge in [-0.15, -0.1) is 0 Å². The Kier molecular flexibility index (Phi) is 4.06. The molecule has 1 unspecified atom stereocenters. The van der Waals surface area contributed by atoms with E-state index in [2.05, 4.69) is 35.1 Å². The van der Waals surface area contributed by atoms with Gasteiger partial charge in [0.25, 0.3) is 0 Å². The van der Waals surface area contributed by atoms with Crippen molar-refractivity contribution >= 4 is 0 Å². The Bertz CT molecular complexity index is 455. The molecule has 1 N–H and O–H groups in total. The molecule has 1 aliphatic heterocycles. The zero-order valence-corrected chi connectivity index (χ0v) is 12.6. The minimum absolute atomic E-state index is 0.168. The smallest absolute Gasteiger partial charge is 0.0605 e. The normalized spacial score (nSPS) is 23.8. The Balaban J connectivity index is 1.59. The summed E-state index contributed by atoms with van der Waals surface area (Å²) in [7, 11) is 0. The van der Waals surface area contributed by atoms with E-state index in [4.69, 9.17) is 4.74 Å². The molecule has 4 nitrogen and oxygen atoms in total. The SMILES string of the molecule is CC(C)(CNC1CCc2cccnc21)N1CCOCC1. The van der Waals surface area contributed by atoms with Crippen LogP contribution < -0.4 is 5.32 Å². The van der Waals surface area contributed by atoms with E-state index in [1.54, 1.807) is 0 Å². The van der Waals surface area contributed by atoms with E-state index < -0.39 is 0 Å². The summed E-state index contributed by atoms with van der Waals surface area (Å²) in [6, 6.07) is 4.67. The third kappa shape index (κ3) is 2.87. The predicted molar refractivity (Wildman–Crippen MR) is 79.8 cm³/mol. The number of nitrogens with one attached hydrogen (secondary N) is 1.